The lowest BCUT2D eigenvalue weighted by Crippen LogP contribution is -2.52. The fraction of sp³-hybridized carbons (Fsp3) is 0.381. The molecule has 1 aliphatic heterocycles. The summed E-state index contributed by atoms with van der Waals surface area (Å²) in [5.41, 5.74) is 1.36. The van der Waals surface area contributed by atoms with E-state index >= 15 is 0 Å². The molecule has 1 N–H and O–H groups in total. The molecule has 2 aromatic carbocycles. The predicted octanol–water partition coefficient (Wildman–Crippen LogP) is 3.11. The molecule has 0 fully saturated rings. The van der Waals surface area contributed by atoms with Gasteiger partial charge in [0, 0.05) is 6.04 Å². The van der Waals surface area contributed by atoms with Gasteiger partial charge in [-0.25, -0.2) is 8.42 Å². The summed E-state index contributed by atoms with van der Waals surface area (Å²) in [6.45, 7) is 7.76. The summed E-state index contributed by atoms with van der Waals surface area (Å²) in [7, 11) is -3.83. The van der Waals surface area contributed by atoms with Crippen molar-refractivity contribution in [3.63, 3.8) is 0 Å². The molecule has 0 spiro atoms. The van der Waals surface area contributed by atoms with Gasteiger partial charge in [0.15, 0.2) is 6.10 Å². The Morgan fingerprint density at radius 1 is 1.14 bits per heavy atom. The summed E-state index contributed by atoms with van der Waals surface area (Å²) in [5.74, 6) is 0.330. The lowest BCUT2D eigenvalue weighted by atomic mass is 10.1. The van der Waals surface area contributed by atoms with Crippen LogP contribution in [0.4, 0.5) is 5.69 Å². The molecule has 0 unspecified atom stereocenters. The Morgan fingerprint density at radius 2 is 1.82 bits per heavy atom. The number of carbonyl (C=O) groups excluding carboxylic acids is 1. The molecule has 150 valence electrons. The van der Waals surface area contributed by atoms with E-state index < -0.39 is 16.1 Å². The van der Waals surface area contributed by atoms with E-state index in [9.17, 15) is 13.2 Å². The number of fused-ring (bicyclic) bond motifs is 1. The molecular formula is C21H26N2O4S. The average molecular weight is 403 g/mol. The third kappa shape index (κ3) is 3.99. The highest BCUT2D eigenvalue weighted by molar-refractivity contribution is 7.92. The first-order valence-electron chi connectivity index (χ1n) is 9.35. The topological polar surface area (TPSA) is 75.7 Å². The number of hydrogen-bond donors (Lipinski definition) is 1. The molecule has 0 bridgehead atoms. The molecule has 0 aromatic heterocycles. The lowest BCUT2D eigenvalue weighted by Gasteiger charge is -2.35. The average Bonchev–Trinajstić information content (AvgIpc) is 2.67. The van der Waals surface area contributed by atoms with E-state index in [-0.39, 0.29) is 29.3 Å². The molecule has 6 nitrogen and oxygen atoms in total. The van der Waals surface area contributed by atoms with E-state index in [2.05, 4.69) is 5.32 Å². The Balaban J connectivity index is 1.99. The Bertz CT molecular complexity index is 958. The summed E-state index contributed by atoms with van der Waals surface area (Å²) < 4.78 is 33.7. The van der Waals surface area contributed by atoms with E-state index in [0.29, 0.717) is 11.4 Å². The second-order valence-electron chi connectivity index (χ2n) is 7.47. The van der Waals surface area contributed by atoms with Crippen LogP contribution >= 0.6 is 0 Å². The minimum absolute atomic E-state index is 0.0470. The number of nitrogens with zero attached hydrogens (tertiary/aromatic N) is 1. The Morgan fingerprint density at radius 3 is 2.46 bits per heavy atom. The van der Waals surface area contributed by atoms with Crippen molar-refractivity contribution in [2.75, 3.05) is 10.8 Å². The molecule has 1 aliphatic rings. The number of nitrogens with one attached hydrogen (secondary N) is 1. The van der Waals surface area contributed by atoms with Gasteiger partial charge in [0.1, 0.15) is 5.75 Å². The highest BCUT2D eigenvalue weighted by Gasteiger charge is 2.37. The van der Waals surface area contributed by atoms with Gasteiger partial charge in [-0.15, -0.1) is 0 Å². The number of anilines is 1. The number of ether oxygens (including phenoxy) is 1. The smallest absolute Gasteiger partial charge is 0.264 e. The summed E-state index contributed by atoms with van der Waals surface area (Å²) in [6.07, 6.45) is -0.922. The van der Waals surface area contributed by atoms with Gasteiger partial charge in [0.2, 0.25) is 0 Å². The summed E-state index contributed by atoms with van der Waals surface area (Å²) in [6, 6.07) is 13.5. The largest absolute Gasteiger partial charge is 0.476 e. The monoisotopic (exact) mass is 402 g/mol. The molecule has 0 aliphatic carbocycles. The van der Waals surface area contributed by atoms with Crippen molar-refractivity contribution in [1.29, 1.82) is 0 Å². The third-order valence-corrected chi connectivity index (χ3v) is 6.77. The maximum absolute atomic E-state index is 13.3. The predicted molar refractivity (Wildman–Crippen MR) is 109 cm³/mol. The Kier molecular flexibility index (Phi) is 5.65. The standard InChI is InChI=1S/C21H26N2O4S/c1-14(2)16(4)22-21(24)20-13-23(18-11-10-15(3)12-19(18)27-20)28(25,26)17-8-6-5-7-9-17/h5-12,14,16,20H,13H2,1-4H3,(H,22,24)/t16-,20+/m1/s1. The third-order valence-electron chi connectivity index (χ3n) is 4.98. The molecule has 0 radical (unpaired) electrons. The molecule has 7 heteroatoms. The van der Waals surface area contributed by atoms with Crippen LogP contribution in [0, 0.1) is 12.8 Å². The maximum atomic E-state index is 13.3. The second kappa shape index (κ2) is 7.83. The molecule has 3 rings (SSSR count). The molecule has 1 amide bonds. The fourth-order valence-electron chi connectivity index (χ4n) is 2.93. The number of carbonyl (C=O) groups is 1. The Labute approximate surface area is 166 Å². The zero-order valence-corrected chi connectivity index (χ0v) is 17.4. The second-order valence-corrected chi connectivity index (χ2v) is 9.33. The van der Waals surface area contributed by atoms with Crippen LogP contribution in [-0.4, -0.2) is 33.0 Å². The summed E-state index contributed by atoms with van der Waals surface area (Å²) in [4.78, 5) is 12.9. The molecule has 28 heavy (non-hydrogen) atoms. The first-order chi connectivity index (χ1) is 13.2. The van der Waals surface area contributed by atoms with E-state index in [1.54, 1.807) is 42.5 Å². The van der Waals surface area contributed by atoms with E-state index in [4.69, 9.17) is 4.74 Å². The van der Waals surface area contributed by atoms with Crippen LogP contribution in [0.2, 0.25) is 0 Å². The first kappa shape index (κ1) is 20.2. The molecule has 2 aromatic rings. The van der Waals surface area contributed by atoms with Gasteiger partial charge in [-0.2, -0.15) is 0 Å². The van der Waals surface area contributed by atoms with Gasteiger partial charge in [0.05, 0.1) is 17.1 Å². The molecule has 0 saturated carbocycles. The van der Waals surface area contributed by atoms with Crippen LogP contribution in [0.15, 0.2) is 53.4 Å². The van der Waals surface area contributed by atoms with Crippen molar-refractivity contribution in [3.05, 3.63) is 54.1 Å². The number of hydrogen-bond acceptors (Lipinski definition) is 4. The van der Waals surface area contributed by atoms with Gasteiger partial charge >= 0.3 is 0 Å². The minimum atomic E-state index is -3.83. The van der Waals surface area contributed by atoms with Crippen LogP contribution < -0.4 is 14.4 Å². The number of rotatable bonds is 5. The number of sulfonamides is 1. The zero-order chi connectivity index (χ0) is 20.5. The van der Waals surface area contributed by atoms with Gasteiger partial charge < -0.3 is 10.1 Å². The van der Waals surface area contributed by atoms with Crippen molar-refractivity contribution in [2.24, 2.45) is 5.92 Å². The van der Waals surface area contributed by atoms with Crippen molar-refractivity contribution in [2.45, 2.75) is 44.7 Å². The van der Waals surface area contributed by atoms with E-state index in [1.165, 1.54) is 4.31 Å². The van der Waals surface area contributed by atoms with E-state index in [0.717, 1.165) is 5.56 Å². The fourth-order valence-corrected chi connectivity index (χ4v) is 4.43. The first-order valence-corrected chi connectivity index (χ1v) is 10.8. The number of benzene rings is 2. The van der Waals surface area contributed by atoms with Gasteiger partial charge in [-0.05, 0) is 49.6 Å². The van der Waals surface area contributed by atoms with Crippen LogP contribution in [0.1, 0.15) is 26.3 Å². The van der Waals surface area contributed by atoms with Crippen molar-refractivity contribution >= 4 is 21.6 Å². The van der Waals surface area contributed by atoms with Crippen LogP contribution in [0.3, 0.4) is 0 Å². The summed E-state index contributed by atoms with van der Waals surface area (Å²) >= 11 is 0. The van der Waals surface area contributed by atoms with Crippen molar-refractivity contribution in [3.8, 4) is 5.75 Å². The SMILES string of the molecule is Cc1ccc2c(c1)O[C@H](C(=O)N[C@H](C)C(C)C)CN2S(=O)(=O)c1ccccc1. The van der Waals surface area contributed by atoms with Crippen LogP contribution in [0.25, 0.3) is 0 Å². The normalized spacial score (nSPS) is 17.6. The zero-order valence-electron chi connectivity index (χ0n) is 16.5. The lowest BCUT2D eigenvalue weighted by molar-refractivity contribution is -0.128. The van der Waals surface area contributed by atoms with Crippen molar-refractivity contribution in [1.82, 2.24) is 5.32 Å². The molecule has 1 heterocycles. The highest BCUT2D eigenvalue weighted by atomic mass is 32.2. The minimum Gasteiger partial charge on any atom is -0.476 e. The van der Waals surface area contributed by atoms with Gasteiger partial charge in [-0.1, -0.05) is 38.1 Å². The number of amides is 1. The van der Waals surface area contributed by atoms with Gasteiger partial charge in [0.25, 0.3) is 15.9 Å². The summed E-state index contributed by atoms with van der Waals surface area (Å²) in [5, 5.41) is 2.92. The molecule has 0 saturated heterocycles. The molecular weight excluding hydrogens is 376 g/mol. The van der Waals surface area contributed by atoms with E-state index in [1.807, 2.05) is 33.8 Å². The number of aryl methyl sites for hydroxylation is 1. The molecule has 2 atom stereocenters. The van der Waals surface area contributed by atoms with Crippen LogP contribution in [-0.2, 0) is 14.8 Å². The van der Waals surface area contributed by atoms with Crippen molar-refractivity contribution < 1.29 is 17.9 Å². The highest BCUT2D eigenvalue weighted by Crippen LogP contribution is 2.37. The Hall–Kier alpha value is -2.54. The maximum Gasteiger partial charge on any atom is 0.264 e. The quantitative estimate of drug-likeness (QED) is 0.834. The van der Waals surface area contributed by atoms with Gasteiger partial charge in [-0.3, -0.25) is 9.10 Å². The van der Waals surface area contributed by atoms with Crippen LogP contribution in [0.5, 0.6) is 5.75 Å².